The van der Waals surface area contributed by atoms with Gasteiger partial charge in [0.1, 0.15) is 12.4 Å². The molecule has 0 spiro atoms. The van der Waals surface area contributed by atoms with E-state index in [1.807, 2.05) is 25.1 Å². The van der Waals surface area contributed by atoms with Crippen molar-refractivity contribution >= 4 is 0 Å². The lowest BCUT2D eigenvalue weighted by molar-refractivity contribution is 0.190. The summed E-state index contributed by atoms with van der Waals surface area (Å²) in [5.74, 6) is 0.768. The molecule has 0 amide bonds. The first kappa shape index (κ1) is 15.6. The van der Waals surface area contributed by atoms with Crippen molar-refractivity contribution in [3.63, 3.8) is 0 Å². The summed E-state index contributed by atoms with van der Waals surface area (Å²) in [7, 11) is 0. The standard InChI is InChI=1S/C19H24O2/c1-12-6-7-17(16(5)20)19(10-12)21-11-18-14(3)8-13(2)9-15(18)4/h6-10,16,20H,11H2,1-5H3. The number of aryl methyl sites for hydroxylation is 4. The monoisotopic (exact) mass is 284 g/mol. The Bertz CT molecular complexity index is 619. The molecule has 0 bridgehead atoms. The Morgan fingerprint density at radius 2 is 1.57 bits per heavy atom. The first-order chi connectivity index (χ1) is 9.88. The Balaban J connectivity index is 2.26. The van der Waals surface area contributed by atoms with Crippen molar-refractivity contribution in [1.29, 1.82) is 0 Å². The van der Waals surface area contributed by atoms with E-state index in [-0.39, 0.29) is 0 Å². The van der Waals surface area contributed by atoms with Gasteiger partial charge in [-0.25, -0.2) is 0 Å². The van der Waals surface area contributed by atoms with E-state index in [1.165, 1.54) is 22.3 Å². The number of ether oxygens (including phenoxy) is 1. The van der Waals surface area contributed by atoms with Crippen LogP contribution in [0.15, 0.2) is 30.3 Å². The van der Waals surface area contributed by atoms with Crippen LogP contribution in [0.5, 0.6) is 5.75 Å². The zero-order valence-corrected chi connectivity index (χ0v) is 13.5. The smallest absolute Gasteiger partial charge is 0.125 e. The van der Waals surface area contributed by atoms with Gasteiger partial charge < -0.3 is 9.84 Å². The van der Waals surface area contributed by atoms with Gasteiger partial charge in [-0.15, -0.1) is 0 Å². The minimum Gasteiger partial charge on any atom is -0.488 e. The van der Waals surface area contributed by atoms with Crippen molar-refractivity contribution < 1.29 is 9.84 Å². The normalized spacial score (nSPS) is 12.3. The van der Waals surface area contributed by atoms with E-state index in [0.29, 0.717) is 6.61 Å². The van der Waals surface area contributed by atoms with Gasteiger partial charge >= 0.3 is 0 Å². The maximum absolute atomic E-state index is 9.86. The average Bonchev–Trinajstić information content (AvgIpc) is 2.37. The highest BCUT2D eigenvalue weighted by Crippen LogP contribution is 2.28. The van der Waals surface area contributed by atoms with Crippen molar-refractivity contribution in [2.45, 2.75) is 47.3 Å². The molecule has 1 N–H and O–H groups in total. The van der Waals surface area contributed by atoms with Crippen LogP contribution in [0.2, 0.25) is 0 Å². The van der Waals surface area contributed by atoms with Crippen molar-refractivity contribution in [3.05, 3.63) is 63.7 Å². The Morgan fingerprint density at radius 3 is 2.14 bits per heavy atom. The van der Waals surface area contributed by atoms with Gasteiger partial charge in [0.25, 0.3) is 0 Å². The van der Waals surface area contributed by atoms with E-state index in [0.717, 1.165) is 16.9 Å². The zero-order valence-electron chi connectivity index (χ0n) is 13.5. The number of hydrogen-bond donors (Lipinski definition) is 1. The van der Waals surface area contributed by atoms with Gasteiger partial charge in [-0.3, -0.25) is 0 Å². The molecular formula is C19H24O2. The lowest BCUT2D eigenvalue weighted by Gasteiger charge is -2.17. The fourth-order valence-corrected chi connectivity index (χ4v) is 2.70. The minimum atomic E-state index is -0.527. The summed E-state index contributed by atoms with van der Waals surface area (Å²) in [5.41, 5.74) is 6.96. The molecule has 0 radical (unpaired) electrons. The third-order valence-electron chi connectivity index (χ3n) is 3.83. The van der Waals surface area contributed by atoms with Crippen LogP contribution in [0.1, 0.15) is 46.4 Å². The predicted octanol–water partition coefficient (Wildman–Crippen LogP) is 4.55. The highest BCUT2D eigenvalue weighted by molar-refractivity contribution is 5.40. The third kappa shape index (κ3) is 3.64. The number of hydrogen-bond acceptors (Lipinski definition) is 2. The fraction of sp³-hybridized carbons (Fsp3) is 0.368. The Hall–Kier alpha value is -1.80. The molecule has 21 heavy (non-hydrogen) atoms. The van der Waals surface area contributed by atoms with Gasteiger partial charge in [-0.05, 0) is 62.9 Å². The van der Waals surface area contributed by atoms with E-state index in [1.54, 1.807) is 6.92 Å². The molecule has 0 aliphatic rings. The topological polar surface area (TPSA) is 29.5 Å². The van der Waals surface area contributed by atoms with Gasteiger partial charge in [0, 0.05) is 5.56 Å². The minimum absolute atomic E-state index is 0.527. The summed E-state index contributed by atoms with van der Waals surface area (Å²) in [4.78, 5) is 0. The molecule has 1 unspecified atom stereocenters. The predicted molar refractivity (Wildman–Crippen MR) is 86.8 cm³/mol. The second-order valence-electron chi connectivity index (χ2n) is 5.88. The molecule has 1 atom stereocenters. The molecule has 0 aliphatic heterocycles. The first-order valence-electron chi connectivity index (χ1n) is 7.36. The molecule has 0 saturated heterocycles. The van der Waals surface area contributed by atoms with Crippen LogP contribution in [-0.2, 0) is 6.61 Å². The third-order valence-corrected chi connectivity index (χ3v) is 3.83. The molecule has 2 aromatic carbocycles. The van der Waals surface area contributed by atoms with E-state index < -0.39 is 6.10 Å². The second-order valence-corrected chi connectivity index (χ2v) is 5.88. The maximum atomic E-state index is 9.86. The lowest BCUT2D eigenvalue weighted by atomic mass is 10.0. The van der Waals surface area contributed by atoms with E-state index in [4.69, 9.17) is 4.74 Å². The molecule has 2 heteroatoms. The van der Waals surface area contributed by atoms with E-state index >= 15 is 0 Å². The highest BCUT2D eigenvalue weighted by atomic mass is 16.5. The van der Waals surface area contributed by atoms with Crippen molar-refractivity contribution in [1.82, 2.24) is 0 Å². The fourth-order valence-electron chi connectivity index (χ4n) is 2.70. The molecule has 2 nitrogen and oxygen atoms in total. The first-order valence-corrected chi connectivity index (χ1v) is 7.36. The van der Waals surface area contributed by atoms with E-state index in [2.05, 4.69) is 32.9 Å². The van der Waals surface area contributed by atoms with Crippen LogP contribution in [0, 0.1) is 27.7 Å². The van der Waals surface area contributed by atoms with Crippen molar-refractivity contribution in [2.24, 2.45) is 0 Å². The number of benzene rings is 2. The molecule has 0 heterocycles. The average molecular weight is 284 g/mol. The van der Waals surface area contributed by atoms with Crippen molar-refractivity contribution in [3.8, 4) is 5.75 Å². The summed E-state index contributed by atoms with van der Waals surface area (Å²) < 4.78 is 6.01. The Labute approximate surface area is 127 Å². The molecule has 112 valence electrons. The van der Waals surface area contributed by atoms with Gasteiger partial charge in [-0.1, -0.05) is 29.8 Å². The van der Waals surface area contributed by atoms with Crippen LogP contribution >= 0.6 is 0 Å². The molecule has 0 aromatic heterocycles. The van der Waals surface area contributed by atoms with Crippen LogP contribution in [0.4, 0.5) is 0 Å². The summed E-state index contributed by atoms with van der Waals surface area (Å²) >= 11 is 0. The molecule has 0 aliphatic carbocycles. The van der Waals surface area contributed by atoms with Crippen LogP contribution in [0.3, 0.4) is 0 Å². The second kappa shape index (κ2) is 6.31. The van der Waals surface area contributed by atoms with Gasteiger partial charge in [0.05, 0.1) is 6.10 Å². The molecule has 2 aromatic rings. The van der Waals surface area contributed by atoms with E-state index in [9.17, 15) is 5.11 Å². The largest absolute Gasteiger partial charge is 0.488 e. The van der Waals surface area contributed by atoms with Crippen LogP contribution in [0.25, 0.3) is 0 Å². The summed E-state index contributed by atoms with van der Waals surface area (Å²) in [6.45, 7) is 10.7. The quantitative estimate of drug-likeness (QED) is 0.892. The van der Waals surface area contributed by atoms with Crippen LogP contribution < -0.4 is 4.74 Å². The van der Waals surface area contributed by atoms with Gasteiger partial charge in [0.15, 0.2) is 0 Å². The molecule has 2 rings (SSSR count). The Kier molecular flexibility index (Phi) is 4.69. The summed E-state index contributed by atoms with van der Waals surface area (Å²) in [6.07, 6.45) is -0.527. The molecule has 0 fully saturated rings. The SMILES string of the molecule is Cc1cc(C)c(COc2cc(C)ccc2C(C)O)c(C)c1. The van der Waals surface area contributed by atoms with Gasteiger partial charge in [-0.2, -0.15) is 0 Å². The Morgan fingerprint density at radius 1 is 0.952 bits per heavy atom. The van der Waals surface area contributed by atoms with Crippen molar-refractivity contribution in [2.75, 3.05) is 0 Å². The molecule has 0 saturated carbocycles. The number of aliphatic hydroxyl groups excluding tert-OH is 1. The molecular weight excluding hydrogens is 260 g/mol. The summed E-state index contributed by atoms with van der Waals surface area (Å²) in [6, 6.07) is 10.3. The van der Waals surface area contributed by atoms with Gasteiger partial charge in [0.2, 0.25) is 0 Å². The zero-order chi connectivity index (χ0) is 15.6. The maximum Gasteiger partial charge on any atom is 0.125 e. The number of aliphatic hydroxyl groups is 1. The summed E-state index contributed by atoms with van der Waals surface area (Å²) in [5, 5.41) is 9.86. The number of rotatable bonds is 4. The highest BCUT2D eigenvalue weighted by Gasteiger charge is 2.11. The lowest BCUT2D eigenvalue weighted by Crippen LogP contribution is -2.04. The van der Waals surface area contributed by atoms with Crippen LogP contribution in [-0.4, -0.2) is 5.11 Å².